The van der Waals surface area contributed by atoms with Gasteiger partial charge >= 0.3 is 6.03 Å². The van der Waals surface area contributed by atoms with Crippen LogP contribution in [0.5, 0.6) is 0 Å². The van der Waals surface area contributed by atoms with Crippen LogP contribution in [0, 0.1) is 0 Å². The van der Waals surface area contributed by atoms with Crippen LogP contribution in [0.4, 0.5) is 4.79 Å². The lowest BCUT2D eigenvalue weighted by Crippen LogP contribution is -2.43. The third kappa shape index (κ3) is 4.38. The maximum Gasteiger partial charge on any atom is 0.317 e. The topological polar surface area (TPSA) is 32.3 Å². The maximum atomic E-state index is 12.0. The predicted octanol–water partition coefficient (Wildman–Crippen LogP) is 3.47. The summed E-state index contributed by atoms with van der Waals surface area (Å²) < 4.78 is 0. The second-order valence-electron chi connectivity index (χ2n) is 4.06. The van der Waals surface area contributed by atoms with E-state index in [1.807, 2.05) is 23.3 Å². The van der Waals surface area contributed by atoms with Crippen molar-refractivity contribution in [3.63, 3.8) is 0 Å². The molecule has 0 aromatic carbocycles. The van der Waals surface area contributed by atoms with Crippen LogP contribution in [0.3, 0.4) is 0 Å². The molecule has 1 aromatic rings. The minimum atomic E-state index is 0.0506. The first-order chi connectivity index (χ1) is 8.21. The number of rotatable bonds is 6. The van der Waals surface area contributed by atoms with Gasteiger partial charge in [0.25, 0.3) is 0 Å². The van der Waals surface area contributed by atoms with Gasteiger partial charge in [0.1, 0.15) is 0 Å². The molecule has 96 valence electrons. The van der Waals surface area contributed by atoms with Gasteiger partial charge in [0.2, 0.25) is 0 Å². The van der Waals surface area contributed by atoms with E-state index in [9.17, 15) is 4.79 Å². The molecule has 0 atom stereocenters. The molecular weight excluding hydrogens is 232 g/mol. The molecule has 0 fully saturated rings. The molecule has 17 heavy (non-hydrogen) atoms. The Hall–Kier alpha value is -1.03. The largest absolute Gasteiger partial charge is 0.335 e. The highest BCUT2D eigenvalue weighted by Crippen LogP contribution is 2.12. The molecule has 0 aliphatic heterocycles. The SMILES string of the molecule is CCC(CC)NC(=O)N(CC)Cc1cccs1. The number of hydrogen-bond acceptors (Lipinski definition) is 2. The summed E-state index contributed by atoms with van der Waals surface area (Å²) >= 11 is 1.69. The minimum Gasteiger partial charge on any atom is -0.335 e. The lowest BCUT2D eigenvalue weighted by molar-refractivity contribution is 0.193. The molecule has 0 radical (unpaired) electrons. The van der Waals surface area contributed by atoms with Gasteiger partial charge in [-0.25, -0.2) is 4.79 Å². The maximum absolute atomic E-state index is 12.0. The molecule has 2 amide bonds. The second kappa shape index (κ2) is 7.33. The zero-order valence-electron chi connectivity index (χ0n) is 10.9. The highest BCUT2D eigenvalue weighted by atomic mass is 32.1. The Kier molecular flexibility index (Phi) is 6.05. The van der Waals surface area contributed by atoms with E-state index in [-0.39, 0.29) is 6.03 Å². The molecule has 1 aromatic heterocycles. The molecule has 1 N–H and O–H groups in total. The van der Waals surface area contributed by atoms with E-state index < -0.39 is 0 Å². The van der Waals surface area contributed by atoms with E-state index in [1.165, 1.54) is 4.88 Å². The summed E-state index contributed by atoms with van der Waals surface area (Å²) in [6.45, 7) is 7.66. The summed E-state index contributed by atoms with van der Waals surface area (Å²) in [6, 6.07) is 4.43. The van der Waals surface area contributed by atoms with Crippen LogP contribution in [-0.2, 0) is 6.54 Å². The molecule has 0 aliphatic rings. The highest BCUT2D eigenvalue weighted by Gasteiger charge is 2.15. The zero-order chi connectivity index (χ0) is 12.7. The first-order valence-corrected chi connectivity index (χ1v) is 7.17. The number of nitrogens with one attached hydrogen (secondary N) is 1. The first kappa shape index (κ1) is 14.0. The number of carbonyl (C=O) groups excluding carboxylic acids is 1. The van der Waals surface area contributed by atoms with Crippen LogP contribution in [-0.4, -0.2) is 23.5 Å². The second-order valence-corrected chi connectivity index (χ2v) is 5.09. The Morgan fingerprint density at radius 2 is 2.12 bits per heavy atom. The van der Waals surface area contributed by atoms with E-state index in [2.05, 4.69) is 25.2 Å². The summed E-state index contributed by atoms with van der Waals surface area (Å²) in [5.74, 6) is 0. The van der Waals surface area contributed by atoms with Gasteiger partial charge in [0.05, 0.1) is 6.54 Å². The Labute approximate surface area is 108 Å². The fraction of sp³-hybridized carbons (Fsp3) is 0.615. The van der Waals surface area contributed by atoms with E-state index in [1.54, 1.807) is 11.3 Å². The molecule has 1 rings (SSSR count). The van der Waals surface area contributed by atoms with Crippen molar-refractivity contribution in [2.24, 2.45) is 0 Å². The van der Waals surface area contributed by atoms with E-state index >= 15 is 0 Å². The summed E-state index contributed by atoms with van der Waals surface area (Å²) in [5.41, 5.74) is 0. The predicted molar refractivity (Wildman–Crippen MR) is 73.3 cm³/mol. The van der Waals surface area contributed by atoms with Crippen molar-refractivity contribution in [1.29, 1.82) is 0 Å². The van der Waals surface area contributed by atoms with Gasteiger partial charge in [0, 0.05) is 17.5 Å². The number of nitrogens with zero attached hydrogens (tertiary/aromatic N) is 1. The summed E-state index contributed by atoms with van der Waals surface area (Å²) in [5, 5.41) is 5.12. The molecule has 0 saturated carbocycles. The van der Waals surface area contributed by atoms with Crippen molar-refractivity contribution < 1.29 is 4.79 Å². The van der Waals surface area contributed by atoms with Crippen LogP contribution in [0.2, 0.25) is 0 Å². The molecule has 4 heteroatoms. The average molecular weight is 254 g/mol. The molecule has 0 aliphatic carbocycles. The molecule has 0 unspecified atom stereocenters. The number of amides is 2. The molecule has 0 saturated heterocycles. The highest BCUT2D eigenvalue weighted by molar-refractivity contribution is 7.09. The van der Waals surface area contributed by atoms with Crippen LogP contribution in [0.25, 0.3) is 0 Å². The van der Waals surface area contributed by atoms with Crippen molar-refractivity contribution in [1.82, 2.24) is 10.2 Å². The van der Waals surface area contributed by atoms with Crippen molar-refractivity contribution >= 4 is 17.4 Å². The van der Waals surface area contributed by atoms with Gasteiger partial charge in [-0.3, -0.25) is 0 Å². The fourth-order valence-corrected chi connectivity index (χ4v) is 2.40. The van der Waals surface area contributed by atoms with Crippen LogP contribution >= 0.6 is 11.3 Å². The smallest absolute Gasteiger partial charge is 0.317 e. The number of thiophene rings is 1. The molecule has 0 spiro atoms. The van der Waals surface area contributed by atoms with Gasteiger partial charge in [-0.05, 0) is 31.2 Å². The van der Waals surface area contributed by atoms with E-state index in [0.29, 0.717) is 12.6 Å². The zero-order valence-corrected chi connectivity index (χ0v) is 11.7. The number of hydrogen-bond donors (Lipinski definition) is 1. The normalized spacial score (nSPS) is 10.6. The van der Waals surface area contributed by atoms with Crippen LogP contribution in [0.15, 0.2) is 17.5 Å². The summed E-state index contributed by atoms with van der Waals surface area (Å²) in [7, 11) is 0. The van der Waals surface area contributed by atoms with Crippen molar-refractivity contribution in [3.05, 3.63) is 22.4 Å². The van der Waals surface area contributed by atoms with Gasteiger partial charge < -0.3 is 10.2 Å². The Bertz CT molecular complexity index is 320. The van der Waals surface area contributed by atoms with E-state index in [0.717, 1.165) is 19.4 Å². The molecule has 0 bridgehead atoms. The molecule has 1 heterocycles. The lowest BCUT2D eigenvalue weighted by atomic mass is 10.2. The van der Waals surface area contributed by atoms with Gasteiger partial charge in [0.15, 0.2) is 0 Å². The van der Waals surface area contributed by atoms with Crippen molar-refractivity contribution in [3.8, 4) is 0 Å². The van der Waals surface area contributed by atoms with Crippen molar-refractivity contribution in [2.45, 2.75) is 46.2 Å². The minimum absolute atomic E-state index is 0.0506. The van der Waals surface area contributed by atoms with Crippen molar-refractivity contribution in [2.75, 3.05) is 6.54 Å². The monoisotopic (exact) mass is 254 g/mol. The van der Waals surface area contributed by atoms with Gasteiger partial charge in [-0.15, -0.1) is 11.3 Å². The summed E-state index contributed by atoms with van der Waals surface area (Å²) in [4.78, 5) is 15.1. The molecule has 3 nitrogen and oxygen atoms in total. The van der Waals surface area contributed by atoms with E-state index in [4.69, 9.17) is 0 Å². The van der Waals surface area contributed by atoms with Gasteiger partial charge in [-0.1, -0.05) is 19.9 Å². The first-order valence-electron chi connectivity index (χ1n) is 6.29. The average Bonchev–Trinajstić information content (AvgIpc) is 2.85. The third-order valence-electron chi connectivity index (χ3n) is 2.91. The number of urea groups is 1. The standard InChI is InChI=1S/C13H22N2OS/c1-4-11(5-2)14-13(16)15(6-3)10-12-8-7-9-17-12/h7-9,11H,4-6,10H2,1-3H3,(H,14,16). The quantitative estimate of drug-likeness (QED) is 0.828. The Morgan fingerprint density at radius 1 is 1.41 bits per heavy atom. The summed E-state index contributed by atoms with van der Waals surface area (Å²) in [6.07, 6.45) is 1.97. The molecular formula is C13H22N2OS. The Morgan fingerprint density at radius 3 is 2.59 bits per heavy atom. The fourth-order valence-electron chi connectivity index (χ4n) is 1.68. The lowest BCUT2D eigenvalue weighted by Gasteiger charge is -2.24. The Balaban J connectivity index is 2.52. The van der Waals surface area contributed by atoms with Crippen LogP contribution < -0.4 is 5.32 Å². The number of carbonyl (C=O) groups is 1. The third-order valence-corrected chi connectivity index (χ3v) is 3.77. The van der Waals surface area contributed by atoms with Crippen LogP contribution in [0.1, 0.15) is 38.5 Å². The van der Waals surface area contributed by atoms with Gasteiger partial charge in [-0.2, -0.15) is 0 Å².